The Bertz CT molecular complexity index is 3020. The number of rotatable bonds is 5. The van der Waals surface area contributed by atoms with Crippen LogP contribution in [-0.4, -0.2) is 9.55 Å². The molecule has 0 saturated carbocycles. The average Bonchev–Trinajstić information content (AvgIpc) is 3.54. The van der Waals surface area contributed by atoms with E-state index in [9.17, 15) is 0 Å². The van der Waals surface area contributed by atoms with Crippen LogP contribution in [0.5, 0.6) is 0 Å². The number of aromatic nitrogens is 2. The molecular weight excluding hydrogens is 679 g/mol. The molecule has 1 aliphatic heterocycles. The van der Waals surface area contributed by atoms with Crippen molar-refractivity contribution in [2.45, 2.75) is 0 Å². The fourth-order valence-corrected chi connectivity index (χ4v) is 8.55. The summed E-state index contributed by atoms with van der Waals surface area (Å²) >= 11 is 0. The highest BCUT2D eigenvalue weighted by Crippen LogP contribution is 2.52. The van der Waals surface area contributed by atoms with Crippen LogP contribution in [-0.2, 0) is 0 Å². The van der Waals surface area contributed by atoms with Crippen molar-refractivity contribution in [2.75, 3.05) is 4.90 Å². The summed E-state index contributed by atoms with van der Waals surface area (Å²) in [6.45, 7) is 0. The van der Waals surface area contributed by atoms with E-state index in [1.165, 1.54) is 38.6 Å². The molecular formula is C53H35N3. The molecule has 10 aromatic rings. The van der Waals surface area contributed by atoms with E-state index in [4.69, 9.17) is 4.98 Å². The second-order valence-electron chi connectivity index (χ2n) is 14.4. The molecule has 3 heteroatoms. The number of pyridine rings is 1. The van der Waals surface area contributed by atoms with Crippen LogP contribution in [0.3, 0.4) is 0 Å². The molecule has 3 heterocycles. The highest BCUT2D eigenvalue weighted by atomic mass is 15.2. The molecule has 0 saturated heterocycles. The van der Waals surface area contributed by atoms with Gasteiger partial charge in [0.05, 0.1) is 33.8 Å². The van der Waals surface area contributed by atoms with Gasteiger partial charge in [-0.3, -0.25) is 0 Å². The van der Waals surface area contributed by atoms with Gasteiger partial charge in [0.25, 0.3) is 0 Å². The van der Waals surface area contributed by atoms with Crippen molar-refractivity contribution < 1.29 is 0 Å². The van der Waals surface area contributed by atoms with Crippen molar-refractivity contribution >= 4 is 38.9 Å². The third-order valence-electron chi connectivity index (χ3n) is 11.1. The van der Waals surface area contributed by atoms with E-state index in [1.54, 1.807) is 0 Å². The number of para-hydroxylation sites is 3. The molecule has 0 amide bonds. The predicted molar refractivity (Wildman–Crippen MR) is 234 cm³/mol. The maximum atomic E-state index is 5.28. The standard InChI is InChI=1S/C53H35N3/c1-4-17-36(18-5-1)39-32-48(37-19-6-2-7-20-37)54-49(33-39)38-21-16-24-41(31-38)56-51-30-15-13-28-45(51)47-34-46-43-26-11-10-25-42(43)44-27-12-14-29-50(44)55(52(46)35-53(47)56)40-22-8-3-9-23-40/h1-35H. The second kappa shape index (κ2) is 13.1. The van der Waals surface area contributed by atoms with Gasteiger partial charge in [0, 0.05) is 44.4 Å². The minimum absolute atomic E-state index is 0.935. The molecule has 262 valence electrons. The average molecular weight is 714 g/mol. The Morgan fingerprint density at radius 3 is 1.64 bits per heavy atom. The van der Waals surface area contributed by atoms with Gasteiger partial charge in [-0.05, 0) is 82.9 Å². The zero-order valence-electron chi connectivity index (χ0n) is 30.5. The topological polar surface area (TPSA) is 21.1 Å². The Morgan fingerprint density at radius 2 is 0.875 bits per heavy atom. The van der Waals surface area contributed by atoms with Gasteiger partial charge in [0.2, 0.25) is 0 Å². The normalized spacial score (nSPS) is 11.9. The maximum Gasteiger partial charge on any atom is 0.0716 e. The first-order chi connectivity index (χ1) is 27.8. The second-order valence-corrected chi connectivity index (χ2v) is 14.4. The Kier molecular flexibility index (Phi) is 7.49. The summed E-state index contributed by atoms with van der Waals surface area (Å²) in [4.78, 5) is 7.72. The maximum absolute atomic E-state index is 5.28. The number of nitrogens with zero attached hydrogens (tertiary/aromatic N) is 3. The molecule has 0 bridgehead atoms. The Morgan fingerprint density at radius 1 is 0.304 bits per heavy atom. The molecule has 0 unspecified atom stereocenters. The third-order valence-corrected chi connectivity index (χ3v) is 11.1. The summed E-state index contributed by atoms with van der Waals surface area (Å²) in [5.74, 6) is 0. The van der Waals surface area contributed by atoms with E-state index in [-0.39, 0.29) is 0 Å². The van der Waals surface area contributed by atoms with Crippen LogP contribution in [0, 0.1) is 0 Å². The van der Waals surface area contributed by atoms with Gasteiger partial charge < -0.3 is 9.47 Å². The monoisotopic (exact) mass is 713 g/mol. The van der Waals surface area contributed by atoms with Gasteiger partial charge in [-0.25, -0.2) is 4.98 Å². The molecule has 2 aromatic heterocycles. The fourth-order valence-electron chi connectivity index (χ4n) is 8.55. The first-order valence-electron chi connectivity index (χ1n) is 19.1. The third kappa shape index (κ3) is 5.25. The highest BCUT2D eigenvalue weighted by molar-refractivity contribution is 6.14. The number of hydrogen-bond acceptors (Lipinski definition) is 2. The Labute approximate surface area is 326 Å². The van der Waals surface area contributed by atoms with Gasteiger partial charge in [-0.2, -0.15) is 0 Å². The highest BCUT2D eigenvalue weighted by Gasteiger charge is 2.28. The van der Waals surface area contributed by atoms with E-state index in [0.29, 0.717) is 0 Å². The lowest BCUT2D eigenvalue weighted by Gasteiger charge is -2.27. The van der Waals surface area contributed by atoms with Crippen LogP contribution in [0.1, 0.15) is 0 Å². The molecule has 0 atom stereocenters. The lowest BCUT2D eigenvalue weighted by Crippen LogP contribution is -2.11. The summed E-state index contributed by atoms with van der Waals surface area (Å²) in [5.41, 5.74) is 18.1. The molecule has 0 radical (unpaired) electrons. The summed E-state index contributed by atoms with van der Waals surface area (Å²) < 4.78 is 2.43. The largest absolute Gasteiger partial charge is 0.309 e. The van der Waals surface area contributed by atoms with Crippen LogP contribution >= 0.6 is 0 Å². The number of fused-ring (bicyclic) bond motifs is 8. The Hall–Kier alpha value is -7.49. The quantitative estimate of drug-likeness (QED) is 0.177. The van der Waals surface area contributed by atoms with Crippen LogP contribution in [0.25, 0.3) is 83.4 Å². The molecule has 56 heavy (non-hydrogen) atoms. The zero-order valence-corrected chi connectivity index (χ0v) is 30.5. The minimum Gasteiger partial charge on any atom is -0.309 e. The molecule has 1 aliphatic rings. The molecule has 3 nitrogen and oxygen atoms in total. The molecule has 0 N–H and O–H groups in total. The van der Waals surface area contributed by atoms with Gasteiger partial charge in [-0.1, -0.05) is 152 Å². The van der Waals surface area contributed by atoms with Crippen LogP contribution in [0.15, 0.2) is 212 Å². The number of benzene rings is 8. The van der Waals surface area contributed by atoms with E-state index >= 15 is 0 Å². The summed E-state index contributed by atoms with van der Waals surface area (Å²) in [6, 6.07) is 76.4. The zero-order chi connectivity index (χ0) is 37.0. The number of anilines is 3. The fraction of sp³-hybridized carbons (Fsp3) is 0. The van der Waals surface area contributed by atoms with Crippen molar-refractivity contribution in [2.24, 2.45) is 0 Å². The van der Waals surface area contributed by atoms with Crippen molar-refractivity contribution in [3.63, 3.8) is 0 Å². The minimum atomic E-state index is 0.935. The smallest absolute Gasteiger partial charge is 0.0716 e. The molecule has 0 aliphatic carbocycles. The van der Waals surface area contributed by atoms with Crippen molar-refractivity contribution in [3.8, 4) is 61.6 Å². The van der Waals surface area contributed by atoms with Crippen LogP contribution in [0.2, 0.25) is 0 Å². The summed E-state index contributed by atoms with van der Waals surface area (Å²) in [6.07, 6.45) is 0. The molecule has 0 spiro atoms. The molecule has 11 rings (SSSR count). The SMILES string of the molecule is c1ccc(-c2cc(-c3ccccc3)nc(-c3cccc(-n4c5ccccc5c5cc6c(cc54)N(c4ccccc4)c4ccccc4-c4ccccc4-6)c3)c2)cc1. The van der Waals surface area contributed by atoms with E-state index in [0.717, 1.165) is 61.9 Å². The van der Waals surface area contributed by atoms with Crippen LogP contribution < -0.4 is 4.90 Å². The number of hydrogen-bond donors (Lipinski definition) is 0. The lowest BCUT2D eigenvalue weighted by atomic mass is 9.94. The van der Waals surface area contributed by atoms with Gasteiger partial charge in [0.1, 0.15) is 0 Å². The predicted octanol–water partition coefficient (Wildman–Crippen LogP) is 14.3. The summed E-state index contributed by atoms with van der Waals surface area (Å²) in [5, 5.41) is 2.44. The van der Waals surface area contributed by atoms with E-state index in [2.05, 4.69) is 222 Å². The van der Waals surface area contributed by atoms with Crippen molar-refractivity contribution in [1.82, 2.24) is 9.55 Å². The van der Waals surface area contributed by atoms with Gasteiger partial charge in [0.15, 0.2) is 0 Å². The Balaban J connectivity index is 1.16. The van der Waals surface area contributed by atoms with Crippen molar-refractivity contribution in [3.05, 3.63) is 212 Å². The van der Waals surface area contributed by atoms with Crippen molar-refractivity contribution in [1.29, 1.82) is 0 Å². The van der Waals surface area contributed by atoms with Gasteiger partial charge >= 0.3 is 0 Å². The van der Waals surface area contributed by atoms with E-state index < -0.39 is 0 Å². The lowest BCUT2D eigenvalue weighted by molar-refractivity contribution is 1.17. The van der Waals surface area contributed by atoms with Crippen LogP contribution in [0.4, 0.5) is 17.1 Å². The first kappa shape index (κ1) is 32.0. The molecule has 0 fully saturated rings. The molecule has 8 aromatic carbocycles. The van der Waals surface area contributed by atoms with Gasteiger partial charge in [-0.15, -0.1) is 0 Å². The summed E-state index contributed by atoms with van der Waals surface area (Å²) in [7, 11) is 0. The van der Waals surface area contributed by atoms with E-state index in [1.807, 2.05) is 0 Å². The first-order valence-corrected chi connectivity index (χ1v) is 19.1.